The molecule has 2 fully saturated rings. The Morgan fingerprint density at radius 2 is 1.79 bits per heavy atom. The van der Waals surface area contributed by atoms with E-state index in [1.54, 1.807) is 31.4 Å². The van der Waals surface area contributed by atoms with E-state index in [0.29, 0.717) is 15.9 Å². The Morgan fingerprint density at radius 3 is 2.47 bits per heavy atom. The van der Waals surface area contributed by atoms with Crippen LogP contribution in [-0.4, -0.2) is 45.8 Å². The Balaban J connectivity index is 1.28. The lowest BCUT2D eigenvalue weighted by Gasteiger charge is -2.22. The summed E-state index contributed by atoms with van der Waals surface area (Å²) in [6, 6.07) is 12.7. The van der Waals surface area contributed by atoms with Crippen LogP contribution in [0, 0.1) is 0 Å². The zero-order valence-corrected chi connectivity index (χ0v) is 21.6. The van der Waals surface area contributed by atoms with Crippen molar-refractivity contribution in [3.63, 3.8) is 0 Å². The first-order chi connectivity index (χ1) is 16.3. The number of ether oxygens (including phenoxy) is 1. The highest BCUT2D eigenvalue weighted by molar-refractivity contribution is 7.89. The van der Waals surface area contributed by atoms with Crippen molar-refractivity contribution in [2.75, 3.05) is 30.4 Å². The van der Waals surface area contributed by atoms with Gasteiger partial charge >= 0.3 is 0 Å². The highest BCUT2D eigenvalue weighted by Crippen LogP contribution is 2.30. The molecule has 0 bridgehead atoms. The van der Waals surface area contributed by atoms with Gasteiger partial charge < -0.3 is 20.3 Å². The number of benzene rings is 2. The second kappa shape index (κ2) is 11.1. The molecule has 1 heterocycles. The van der Waals surface area contributed by atoms with Crippen molar-refractivity contribution in [3.8, 4) is 5.75 Å². The lowest BCUT2D eigenvalue weighted by Crippen LogP contribution is -2.39. The Labute approximate surface area is 212 Å². The lowest BCUT2D eigenvalue weighted by atomic mass is 9.96. The van der Waals surface area contributed by atoms with Gasteiger partial charge in [-0.05, 0) is 73.9 Å². The number of sulfonamides is 1. The first-order valence-electron chi connectivity index (χ1n) is 11.6. The average Bonchev–Trinajstić information content (AvgIpc) is 3.28. The monoisotopic (exact) mass is 522 g/mol. The van der Waals surface area contributed by atoms with Crippen LogP contribution in [0.25, 0.3) is 0 Å². The molecule has 2 aromatic rings. The molecule has 1 saturated carbocycles. The largest absolute Gasteiger partial charge is 0.495 e. The van der Waals surface area contributed by atoms with Crippen molar-refractivity contribution in [1.82, 2.24) is 10.0 Å². The Hall–Kier alpha value is -2.07. The first-order valence-corrected chi connectivity index (χ1v) is 13.9. The number of hydrogen-bond acceptors (Lipinski definition) is 5. The number of methoxy groups -OCH3 is 1. The predicted molar refractivity (Wildman–Crippen MR) is 142 cm³/mol. The van der Waals surface area contributed by atoms with Crippen LogP contribution in [-0.2, 0) is 10.0 Å². The van der Waals surface area contributed by atoms with E-state index in [9.17, 15) is 8.42 Å². The quantitative estimate of drug-likeness (QED) is 0.461. The molecule has 10 heteroatoms. The molecule has 1 aliphatic carbocycles. The summed E-state index contributed by atoms with van der Waals surface area (Å²) >= 11 is 11.8. The summed E-state index contributed by atoms with van der Waals surface area (Å²) in [5, 5.41) is 7.61. The summed E-state index contributed by atoms with van der Waals surface area (Å²) in [6.07, 6.45) is 6.09. The normalized spacial score (nSPS) is 19.1. The van der Waals surface area contributed by atoms with Crippen molar-refractivity contribution in [2.24, 2.45) is 0 Å². The molecule has 34 heavy (non-hydrogen) atoms. The number of anilines is 2. The van der Waals surface area contributed by atoms with Gasteiger partial charge in [0.15, 0.2) is 5.11 Å². The molecule has 0 radical (unpaired) electrons. The topological polar surface area (TPSA) is 82.7 Å². The van der Waals surface area contributed by atoms with Gasteiger partial charge in [-0.15, -0.1) is 0 Å². The van der Waals surface area contributed by atoms with Crippen molar-refractivity contribution >= 4 is 50.3 Å². The van der Waals surface area contributed by atoms with Crippen molar-refractivity contribution < 1.29 is 13.2 Å². The third kappa shape index (κ3) is 6.33. The van der Waals surface area contributed by atoms with E-state index in [1.807, 2.05) is 18.2 Å². The zero-order valence-electron chi connectivity index (χ0n) is 19.2. The molecule has 3 N–H and O–H groups in total. The molecule has 1 atom stereocenters. The van der Waals surface area contributed by atoms with Gasteiger partial charge in [-0.25, -0.2) is 13.1 Å². The van der Waals surface area contributed by atoms with E-state index >= 15 is 0 Å². The van der Waals surface area contributed by atoms with Crippen molar-refractivity contribution in [2.45, 2.75) is 55.5 Å². The fourth-order valence-electron chi connectivity index (χ4n) is 4.54. The molecular formula is C24H31ClN4O3S2. The smallest absolute Gasteiger partial charge is 0.240 e. The second-order valence-corrected chi connectivity index (χ2v) is 11.4. The molecule has 2 aliphatic rings. The van der Waals surface area contributed by atoms with Gasteiger partial charge in [-0.1, -0.05) is 30.9 Å². The number of nitrogens with one attached hydrogen (secondary N) is 3. The van der Waals surface area contributed by atoms with Gasteiger partial charge in [0.1, 0.15) is 5.75 Å². The number of thiocarbonyl (C=S) groups is 1. The molecule has 184 valence electrons. The van der Waals surface area contributed by atoms with Gasteiger partial charge in [-0.2, -0.15) is 0 Å². The summed E-state index contributed by atoms with van der Waals surface area (Å²) in [7, 11) is -1.91. The second-order valence-electron chi connectivity index (χ2n) is 8.83. The minimum absolute atomic E-state index is 0.0354. The van der Waals surface area contributed by atoms with E-state index in [2.05, 4.69) is 20.3 Å². The van der Waals surface area contributed by atoms with Crippen LogP contribution in [0.15, 0.2) is 47.4 Å². The number of nitrogens with zero attached hydrogens (tertiary/aromatic N) is 1. The number of hydrogen-bond donors (Lipinski definition) is 3. The highest BCUT2D eigenvalue weighted by Gasteiger charge is 2.24. The van der Waals surface area contributed by atoms with E-state index in [4.69, 9.17) is 28.6 Å². The maximum absolute atomic E-state index is 12.7. The van der Waals surface area contributed by atoms with E-state index < -0.39 is 10.0 Å². The van der Waals surface area contributed by atoms with Crippen LogP contribution in [0.3, 0.4) is 0 Å². The van der Waals surface area contributed by atoms with Gasteiger partial charge in [0.05, 0.1) is 17.0 Å². The summed E-state index contributed by atoms with van der Waals surface area (Å²) in [5.41, 5.74) is 1.79. The van der Waals surface area contributed by atoms with Crippen LogP contribution in [0.4, 0.5) is 11.4 Å². The molecule has 1 unspecified atom stereocenters. The van der Waals surface area contributed by atoms with Gasteiger partial charge in [0.2, 0.25) is 10.0 Å². The fourth-order valence-corrected chi connectivity index (χ4v) is 6.38. The van der Waals surface area contributed by atoms with E-state index in [0.717, 1.165) is 56.6 Å². The number of rotatable bonds is 7. The maximum atomic E-state index is 12.7. The van der Waals surface area contributed by atoms with Gasteiger partial charge in [-0.3, -0.25) is 0 Å². The zero-order chi connectivity index (χ0) is 24.1. The Kier molecular flexibility index (Phi) is 8.18. The molecule has 1 aliphatic heterocycles. The Morgan fingerprint density at radius 1 is 1.06 bits per heavy atom. The highest BCUT2D eigenvalue weighted by atomic mass is 35.5. The van der Waals surface area contributed by atoms with Gasteiger partial charge in [0.25, 0.3) is 0 Å². The summed E-state index contributed by atoms with van der Waals surface area (Å²) in [4.78, 5) is 2.52. The Bertz CT molecular complexity index is 1110. The first kappa shape index (κ1) is 25.0. The molecule has 0 spiro atoms. The SMILES string of the molecule is COc1ccc(N2CCC(NC(=S)Nc3ccc(S(=O)(=O)NC4CCCCC4)cc3)C2)cc1Cl. The predicted octanol–water partition coefficient (Wildman–Crippen LogP) is 4.52. The van der Waals surface area contributed by atoms with Crippen molar-refractivity contribution in [1.29, 1.82) is 0 Å². The molecule has 1 saturated heterocycles. The van der Waals surface area contributed by atoms with Crippen LogP contribution < -0.4 is 25.0 Å². The maximum Gasteiger partial charge on any atom is 0.240 e. The molecular weight excluding hydrogens is 492 g/mol. The molecule has 2 aromatic carbocycles. The lowest BCUT2D eigenvalue weighted by molar-refractivity contribution is 0.412. The molecule has 7 nitrogen and oxygen atoms in total. The van der Waals surface area contributed by atoms with E-state index in [-0.39, 0.29) is 17.0 Å². The summed E-state index contributed by atoms with van der Waals surface area (Å²) in [6.45, 7) is 1.69. The standard InChI is InChI=1S/C24H31ClN4O3S2/c1-32-23-12-9-20(15-22(23)25)29-14-13-19(16-29)27-24(33)26-17-7-10-21(11-8-17)34(30,31)28-18-5-3-2-4-6-18/h7-12,15,18-19,28H,2-6,13-14,16H2,1H3,(H2,26,27,33). The van der Waals surface area contributed by atoms with Crippen LogP contribution in [0.1, 0.15) is 38.5 Å². The van der Waals surface area contributed by atoms with Crippen LogP contribution in [0.2, 0.25) is 5.02 Å². The van der Waals surface area contributed by atoms with Gasteiger partial charge in [0, 0.05) is 36.5 Å². The third-order valence-corrected chi connectivity index (χ3v) is 8.43. The summed E-state index contributed by atoms with van der Waals surface area (Å²) in [5.74, 6) is 0.660. The third-order valence-electron chi connectivity index (χ3n) is 6.37. The van der Waals surface area contributed by atoms with Crippen LogP contribution in [0.5, 0.6) is 5.75 Å². The minimum atomic E-state index is -3.51. The average molecular weight is 523 g/mol. The summed E-state index contributed by atoms with van der Waals surface area (Å²) < 4.78 is 33.4. The minimum Gasteiger partial charge on any atom is -0.495 e. The molecule has 0 amide bonds. The molecule has 4 rings (SSSR count). The fraction of sp³-hybridized carbons (Fsp3) is 0.458. The molecule has 0 aromatic heterocycles. The number of halogens is 1. The van der Waals surface area contributed by atoms with Crippen LogP contribution >= 0.6 is 23.8 Å². The van der Waals surface area contributed by atoms with Crippen molar-refractivity contribution in [3.05, 3.63) is 47.5 Å². The van der Waals surface area contributed by atoms with E-state index in [1.165, 1.54) is 6.42 Å².